The SMILES string of the molecule is CS(=O)(=O)CCCCc1ccnc(N)c1. The van der Waals surface area contributed by atoms with E-state index in [2.05, 4.69) is 4.98 Å². The third kappa shape index (κ3) is 5.37. The van der Waals surface area contributed by atoms with Gasteiger partial charge in [-0.15, -0.1) is 0 Å². The highest BCUT2D eigenvalue weighted by Gasteiger charge is 2.01. The Balaban J connectivity index is 2.32. The monoisotopic (exact) mass is 228 g/mol. The van der Waals surface area contributed by atoms with Crippen LogP contribution in [0.4, 0.5) is 5.82 Å². The van der Waals surface area contributed by atoms with Gasteiger partial charge < -0.3 is 5.73 Å². The van der Waals surface area contributed by atoms with Crippen LogP contribution >= 0.6 is 0 Å². The van der Waals surface area contributed by atoms with E-state index in [0.717, 1.165) is 18.4 Å². The average Bonchev–Trinajstić information content (AvgIpc) is 2.11. The third-order valence-electron chi connectivity index (χ3n) is 2.08. The van der Waals surface area contributed by atoms with Crippen LogP contribution < -0.4 is 5.73 Å². The number of aromatic nitrogens is 1. The number of hydrogen-bond donors (Lipinski definition) is 1. The number of rotatable bonds is 5. The zero-order valence-corrected chi connectivity index (χ0v) is 9.63. The first-order chi connectivity index (χ1) is 6.97. The summed E-state index contributed by atoms with van der Waals surface area (Å²) in [6.07, 6.45) is 5.33. The van der Waals surface area contributed by atoms with Crippen molar-refractivity contribution in [3.63, 3.8) is 0 Å². The summed E-state index contributed by atoms with van der Waals surface area (Å²) in [5, 5.41) is 0. The summed E-state index contributed by atoms with van der Waals surface area (Å²) in [4.78, 5) is 3.89. The van der Waals surface area contributed by atoms with Crippen molar-refractivity contribution in [3.8, 4) is 0 Å². The maximum atomic E-state index is 10.9. The zero-order chi connectivity index (χ0) is 11.3. The Morgan fingerprint density at radius 2 is 2.13 bits per heavy atom. The molecule has 84 valence electrons. The Bertz CT molecular complexity index is 415. The van der Waals surface area contributed by atoms with Crippen molar-refractivity contribution >= 4 is 15.7 Å². The summed E-state index contributed by atoms with van der Waals surface area (Å²) >= 11 is 0. The second-order valence-corrected chi connectivity index (χ2v) is 5.94. The molecule has 5 heteroatoms. The fourth-order valence-electron chi connectivity index (χ4n) is 1.34. The largest absolute Gasteiger partial charge is 0.384 e. The number of pyridine rings is 1. The molecule has 0 radical (unpaired) electrons. The van der Waals surface area contributed by atoms with Gasteiger partial charge in [-0.25, -0.2) is 13.4 Å². The quantitative estimate of drug-likeness (QED) is 0.764. The fourth-order valence-corrected chi connectivity index (χ4v) is 2.07. The molecule has 1 aromatic rings. The topological polar surface area (TPSA) is 73.0 Å². The van der Waals surface area contributed by atoms with Gasteiger partial charge in [-0.2, -0.15) is 0 Å². The Hall–Kier alpha value is -1.10. The molecule has 2 N–H and O–H groups in total. The molecule has 0 aromatic carbocycles. The molecular weight excluding hydrogens is 212 g/mol. The normalized spacial score (nSPS) is 11.5. The lowest BCUT2D eigenvalue weighted by molar-refractivity contribution is 0.597. The predicted octanol–water partition coefficient (Wildman–Crippen LogP) is 1.03. The zero-order valence-electron chi connectivity index (χ0n) is 8.81. The van der Waals surface area contributed by atoms with E-state index in [4.69, 9.17) is 5.73 Å². The van der Waals surface area contributed by atoms with Crippen molar-refractivity contribution in [3.05, 3.63) is 23.9 Å². The Labute approximate surface area is 90.4 Å². The lowest BCUT2D eigenvalue weighted by Gasteiger charge is -2.01. The van der Waals surface area contributed by atoms with Crippen LogP contribution in [0.3, 0.4) is 0 Å². The highest BCUT2D eigenvalue weighted by Crippen LogP contribution is 2.07. The first kappa shape index (κ1) is 12.0. The summed E-state index contributed by atoms with van der Waals surface area (Å²) in [6, 6.07) is 3.72. The number of sulfone groups is 1. The van der Waals surface area contributed by atoms with E-state index < -0.39 is 9.84 Å². The highest BCUT2D eigenvalue weighted by molar-refractivity contribution is 7.90. The summed E-state index contributed by atoms with van der Waals surface area (Å²) in [7, 11) is -2.82. The van der Waals surface area contributed by atoms with Crippen LogP contribution in [-0.4, -0.2) is 25.4 Å². The van der Waals surface area contributed by atoms with Gasteiger partial charge in [0.1, 0.15) is 15.7 Å². The molecule has 0 aliphatic rings. The van der Waals surface area contributed by atoms with Crippen molar-refractivity contribution < 1.29 is 8.42 Å². The minimum atomic E-state index is -2.82. The van der Waals surface area contributed by atoms with E-state index in [0.29, 0.717) is 12.2 Å². The number of nitrogens with zero attached hydrogens (tertiary/aromatic N) is 1. The minimum absolute atomic E-state index is 0.258. The maximum absolute atomic E-state index is 10.9. The van der Waals surface area contributed by atoms with Crippen LogP contribution in [0.25, 0.3) is 0 Å². The van der Waals surface area contributed by atoms with Crippen LogP contribution in [-0.2, 0) is 16.3 Å². The van der Waals surface area contributed by atoms with Crippen molar-refractivity contribution in [2.45, 2.75) is 19.3 Å². The lowest BCUT2D eigenvalue weighted by atomic mass is 10.1. The van der Waals surface area contributed by atoms with Crippen molar-refractivity contribution in [2.75, 3.05) is 17.7 Å². The van der Waals surface area contributed by atoms with Crippen LogP contribution in [0.2, 0.25) is 0 Å². The molecule has 0 aliphatic heterocycles. The highest BCUT2D eigenvalue weighted by atomic mass is 32.2. The van der Waals surface area contributed by atoms with E-state index >= 15 is 0 Å². The van der Waals surface area contributed by atoms with E-state index in [9.17, 15) is 8.42 Å². The number of nitrogens with two attached hydrogens (primary N) is 1. The van der Waals surface area contributed by atoms with Gasteiger partial charge in [-0.3, -0.25) is 0 Å². The molecule has 0 amide bonds. The number of aryl methyl sites for hydroxylation is 1. The van der Waals surface area contributed by atoms with Crippen LogP contribution in [0.15, 0.2) is 18.3 Å². The van der Waals surface area contributed by atoms with Crippen molar-refractivity contribution in [2.24, 2.45) is 0 Å². The van der Waals surface area contributed by atoms with E-state index in [1.54, 1.807) is 6.20 Å². The van der Waals surface area contributed by atoms with Gasteiger partial charge in [0.2, 0.25) is 0 Å². The second-order valence-electron chi connectivity index (χ2n) is 3.68. The number of nitrogen functional groups attached to an aromatic ring is 1. The molecule has 0 unspecified atom stereocenters. The third-order valence-corrected chi connectivity index (χ3v) is 3.11. The summed E-state index contributed by atoms with van der Waals surface area (Å²) in [5.74, 6) is 0.767. The first-order valence-electron chi connectivity index (χ1n) is 4.85. The maximum Gasteiger partial charge on any atom is 0.147 e. The van der Waals surface area contributed by atoms with E-state index in [-0.39, 0.29) is 5.75 Å². The summed E-state index contributed by atoms with van der Waals surface area (Å²) in [5.41, 5.74) is 6.63. The van der Waals surface area contributed by atoms with Gasteiger partial charge >= 0.3 is 0 Å². The van der Waals surface area contributed by atoms with Gasteiger partial charge in [0.25, 0.3) is 0 Å². The molecule has 4 nitrogen and oxygen atoms in total. The molecule has 0 bridgehead atoms. The standard InChI is InChI=1S/C10H16N2O2S/c1-15(13,14)7-3-2-4-9-5-6-12-10(11)8-9/h5-6,8H,2-4,7H2,1H3,(H2,11,12). The van der Waals surface area contributed by atoms with Gasteiger partial charge in [-0.05, 0) is 37.0 Å². The Morgan fingerprint density at radius 3 is 2.73 bits per heavy atom. The molecule has 1 rings (SSSR count). The Kier molecular flexibility index (Phi) is 4.08. The molecular formula is C10H16N2O2S. The van der Waals surface area contributed by atoms with Gasteiger partial charge in [0, 0.05) is 18.2 Å². The van der Waals surface area contributed by atoms with Crippen LogP contribution in [0.1, 0.15) is 18.4 Å². The molecule has 0 saturated carbocycles. The molecule has 0 atom stereocenters. The molecule has 0 saturated heterocycles. The fraction of sp³-hybridized carbons (Fsp3) is 0.500. The molecule has 1 aromatic heterocycles. The smallest absolute Gasteiger partial charge is 0.147 e. The minimum Gasteiger partial charge on any atom is -0.384 e. The molecule has 15 heavy (non-hydrogen) atoms. The predicted molar refractivity (Wildman–Crippen MR) is 61.3 cm³/mol. The first-order valence-corrected chi connectivity index (χ1v) is 6.91. The lowest BCUT2D eigenvalue weighted by Crippen LogP contribution is -2.03. The summed E-state index contributed by atoms with van der Waals surface area (Å²) < 4.78 is 21.7. The molecule has 0 aliphatic carbocycles. The number of unbranched alkanes of at least 4 members (excludes halogenated alkanes) is 1. The van der Waals surface area contributed by atoms with Crippen molar-refractivity contribution in [1.29, 1.82) is 0 Å². The molecule has 1 heterocycles. The average molecular weight is 228 g/mol. The van der Waals surface area contributed by atoms with E-state index in [1.807, 2.05) is 12.1 Å². The van der Waals surface area contributed by atoms with Crippen LogP contribution in [0.5, 0.6) is 0 Å². The molecule has 0 fully saturated rings. The van der Waals surface area contributed by atoms with Crippen molar-refractivity contribution in [1.82, 2.24) is 4.98 Å². The van der Waals surface area contributed by atoms with Gasteiger partial charge in [0.05, 0.1) is 0 Å². The summed E-state index contributed by atoms with van der Waals surface area (Å²) in [6.45, 7) is 0. The molecule has 0 spiro atoms. The number of hydrogen-bond acceptors (Lipinski definition) is 4. The number of anilines is 1. The van der Waals surface area contributed by atoms with E-state index in [1.165, 1.54) is 6.26 Å². The Morgan fingerprint density at radius 1 is 1.40 bits per heavy atom. The van der Waals surface area contributed by atoms with Gasteiger partial charge in [-0.1, -0.05) is 0 Å². The van der Waals surface area contributed by atoms with Crippen LogP contribution in [0, 0.1) is 0 Å². The second kappa shape index (κ2) is 5.11. The van der Waals surface area contributed by atoms with Gasteiger partial charge in [0.15, 0.2) is 0 Å².